The quantitative estimate of drug-likeness (QED) is 0.882. The van der Waals surface area contributed by atoms with Crippen LogP contribution in [0.2, 0.25) is 0 Å². The summed E-state index contributed by atoms with van der Waals surface area (Å²) in [4.78, 5) is 7.03. The number of pyridine rings is 1. The third kappa shape index (κ3) is 2.47. The molecule has 0 amide bonds. The van der Waals surface area contributed by atoms with Crippen LogP contribution in [0, 0.1) is 0 Å². The molecule has 2 unspecified atom stereocenters. The molecule has 1 aromatic heterocycles. The summed E-state index contributed by atoms with van der Waals surface area (Å²) in [5, 5.41) is 3.66. The minimum absolute atomic E-state index is 0.579. The minimum Gasteiger partial charge on any atom is -0.493 e. The fraction of sp³-hybridized carbons (Fsp3) is 0.667. The average molecular weight is 277 g/mol. The van der Waals surface area contributed by atoms with Crippen molar-refractivity contribution in [3.8, 4) is 11.5 Å². The lowest BCUT2D eigenvalue weighted by atomic mass is 10.1. The van der Waals surface area contributed by atoms with Crippen molar-refractivity contribution in [2.75, 3.05) is 27.3 Å². The highest BCUT2D eigenvalue weighted by atomic mass is 16.5. The van der Waals surface area contributed by atoms with E-state index in [1.54, 1.807) is 20.4 Å². The van der Waals surface area contributed by atoms with E-state index in [0.29, 0.717) is 12.1 Å². The maximum Gasteiger partial charge on any atom is 0.183 e. The predicted molar refractivity (Wildman–Crippen MR) is 77.2 cm³/mol. The van der Waals surface area contributed by atoms with E-state index in [0.717, 1.165) is 23.7 Å². The van der Waals surface area contributed by atoms with Crippen LogP contribution >= 0.6 is 0 Å². The maximum atomic E-state index is 5.43. The lowest BCUT2D eigenvalue weighted by molar-refractivity contribution is 0.296. The summed E-state index contributed by atoms with van der Waals surface area (Å²) in [6.45, 7) is 3.23. The van der Waals surface area contributed by atoms with Crippen molar-refractivity contribution >= 4 is 0 Å². The van der Waals surface area contributed by atoms with Gasteiger partial charge in [0.15, 0.2) is 11.5 Å². The fourth-order valence-electron chi connectivity index (χ4n) is 3.52. The van der Waals surface area contributed by atoms with Crippen molar-refractivity contribution < 1.29 is 9.47 Å². The molecule has 2 saturated heterocycles. The molecule has 2 atom stereocenters. The van der Waals surface area contributed by atoms with Crippen LogP contribution < -0.4 is 14.8 Å². The van der Waals surface area contributed by atoms with Crippen LogP contribution in [0.5, 0.6) is 11.5 Å². The molecule has 2 aliphatic rings. The van der Waals surface area contributed by atoms with Gasteiger partial charge < -0.3 is 14.8 Å². The molecule has 20 heavy (non-hydrogen) atoms. The fourth-order valence-corrected chi connectivity index (χ4v) is 3.52. The van der Waals surface area contributed by atoms with Crippen LogP contribution in [-0.4, -0.2) is 49.3 Å². The van der Waals surface area contributed by atoms with E-state index in [1.165, 1.54) is 32.4 Å². The number of nitrogens with one attached hydrogen (secondary N) is 1. The zero-order valence-corrected chi connectivity index (χ0v) is 12.3. The van der Waals surface area contributed by atoms with Gasteiger partial charge in [-0.15, -0.1) is 0 Å². The number of rotatable bonds is 5. The highest BCUT2D eigenvalue weighted by Crippen LogP contribution is 2.31. The van der Waals surface area contributed by atoms with Gasteiger partial charge in [-0.05, 0) is 25.8 Å². The summed E-state index contributed by atoms with van der Waals surface area (Å²) in [5.74, 6) is 1.48. The normalized spacial score (nSPS) is 25.7. The third-order valence-electron chi connectivity index (χ3n) is 4.50. The molecule has 5 heteroatoms. The number of hydrogen-bond donors (Lipinski definition) is 1. The molecule has 110 valence electrons. The Labute approximate surface area is 120 Å². The number of hydrogen-bond acceptors (Lipinski definition) is 5. The van der Waals surface area contributed by atoms with Gasteiger partial charge in [0.2, 0.25) is 0 Å². The Morgan fingerprint density at radius 1 is 1.30 bits per heavy atom. The van der Waals surface area contributed by atoms with Crippen LogP contribution in [0.4, 0.5) is 0 Å². The maximum absolute atomic E-state index is 5.43. The molecule has 3 heterocycles. The van der Waals surface area contributed by atoms with Crippen molar-refractivity contribution in [2.24, 2.45) is 0 Å². The number of fused-ring (bicyclic) bond motifs is 1. The van der Waals surface area contributed by atoms with Gasteiger partial charge in [0.25, 0.3) is 0 Å². The van der Waals surface area contributed by atoms with Crippen molar-refractivity contribution in [2.45, 2.75) is 37.9 Å². The van der Waals surface area contributed by atoms with E-state index < -0.39 is 0 Å². The monoisotopic (exact) mass is 277 g/mol. The van der Waals surface area contributed by atoms with Gasteiger partial charge in [-0.3, -0.25) is 9.88 Å². The molecule has 1 N–H and O–H groups in total. The predicted octanol–water partition coefficient (Wildman–Crippen LogP) is 1.43. The number of ether oxygens (including phenoxy) is 2. The smallest absolute Gasteiger partial charge is 0.183 e. The highest BCUT2D eigenvalue weighted by molar-refractivity contribution is 5.42. The zero-order chi connectivity index (χ0) is 13.9. The van der Waals surface area contributed by atoms with Gasteiger partial charge >= 0.3 is 0 Å². The second-order valence-corrected chi connectivity index (χ2v) is 5.51. The standard InChI is InChI=1S/C15H23N3O2/c1-19-14-5-7-16-12(15(14)20-2)10-17-11-6-9-18-8-3-4-13(11)18/h5,7,11,13,17H,3-4,6,8-10H2,1-2H3. The van der Waals surface area contributed by atoms with Gasteiger partial charge in [-0.1, -0.05) is 0 Å². The molecule has 0 bridgehead atoms. The Morgan fingerprint density at radius 3 is 3.00 bits per heavy atom. The molecule has 5 nitrogen and oxygen atoms in total. The van der Waals surface area contributed by atoms with Gasteiger partial charge in [-0.25, -0.2) is 0 Å². The number of methoxy groups -OCH3 is 2. The summed E-state index contributed by atoms with van der Waals surface area (Å²) < 4.78 is 10.7. The molecule has 0 saturated carbocycles. The molecular weight excluding hydrogens is 254 g/mol. The SMILES string of the molecule is COc1ccnc(CNC2CCN3CCCC23)c1OC. The Balaban J connectivity index is 1.66. The number of nitrogens with zero attached hydrogens (tertiary/aromatic N) is 2. The van der Waals surface area contributed by atoms with E-state index in [9.17, 15) is 0 Å². The molecule has 2 aliphatic heterocycles. The summed E-state index contributed by atoms with van der Waals surface area (Å²) in [6.07, 6.45) is 5.66. The van der Waals surface area contributed by atoms with Crippen molar-refractivity contribution in [1.29, 1.82) is 0 Å². The first-order valence-corrected chi connectivity index (χ1v) is 7.36. The Hall–Kier alpha value is -1.33. The van der Waals surface area contributed by atoms with Crippen LogP contribution in [0.1, 0.15) is 25.0 Å². The molecule has 1 aromatic rings. The van der Waals surface area contributed by atoms with Crippen molar-refractivity contribution in [3.63, 3.8) is 0 Å². The summed E-state index contributed by atoms with van der Waals surface area (Å²) in [6, 6.07) is 3.12. The summed E-state index contributed by atoms with van der Waals surface area (Å²) in [5.41, 5.74) is 0.920. The Bertz CT molecular complexity index is 466. The van der Waals surface area contributed by atoms with Gasteiger partial charge in [-0.2, -0.15) is 0 Å². The first kappa shape index (κ1) is 13.6. The zero-order valence-electron chi connectivity index (χ0n) is 12.3. The summed E-state index contributed by atoms with van der Waals surface area (Å²) >= 11 is 0. The van der Waals surface area contributed by atoms with E-state index in [-0.39, 0.29) is 0 Å². The van der Waals surface area contributed by atoms with Crippen LogP contribution in [0.25, 0.3) is 0 Å². The summed E-state index contributed by atoms with van der Waals surface area (Å²) in [7, 11) is 3.32. The van der Waals surface area contributed by atoms with Crippen molar-refractivity contribution in [1.82, 2.24) is 15.2 Å². The lowest BCUT2D eigenvalue weighted by Gasteiger charge is -2.21. The molecule has 0 radical (unpaired) electrons. The van der Waals surface area contributed by atoms with E-state index in [1.807, 2.05) is 6.07 Å². The van der Waals surface area contributed by atoms with E-state index in [2.05, 4.69) is 15.2 Å². The van der Waals surface area contributed by atoms with Crippen LogP contribution in [0.3, 0.4) is 0 Å². The second-order valence-electron chi connectivity index (χ2n) is 5.51. The molecule has 0 aromatic carbocycles. The number of aromatic nitrogens is 1. The largest absolute Gasteiger partial charge is 0.493 e. The minimum atomic E-state index is 0.579. The molecule has 0 aliphatic carbocycles. The Morgan fingerprint density at radius 2 is 2.20 bits per heavy atom. The van der Waals surface area contributed by atoms with Gasteiger partial charge in [0, 0.05) is 37.4 Å². The van der Waals surface area contributed by atoms with Crippen molar-refractivity contribution in [3.05, 3.63) is 18.0 Å². The molecule has 0 spiro atoms. The van der Waals surface area contributed by atoms with Gasteiger partial charge in [0.1, 0.15) is 0 Å². The topological polar surface area (TPSA) is 46.6 Å². The first-order valence-electron chi connectivity index (χ1n) is 7.36. The molecular formula is C15H23N3O2. The van der Waals surface area contributed by atoms with E-state index >= 15 is 0 Å². The lowest BCUT2D eigenvalue weighted by Crippen LogP contribution is -2.38. The van der Waals surface area contributed by atoms with Gasteiger partial charge in [0.05, 0.1) is 19.9 Å². The highest BCUT2D eigenvalue weighted by Gasteiger charge is 2.36. The molecule has 2 fully saturated rings. The third-order valence-corrected chi connectivity index (χ3v) is 4.50. The van der Waals surface area contributed by atoms with Crippen LogP contribution in [0.15, 0.2) is 12.3 Å². The Kier molecular flexibility index (Phi) is 4.08. The molecule has 3 rings (SSSR count). The van der Waals surface area contributed by atoms with E-state index in [4.69, 9.17) is 9.47 Å². The average Bonchev–Trinajstić information content (AvgIpc) is 3.08. The first-order chi connectivity index (χ1) is 9.83. The van der Waals surface area contributed by atoms with Crippen LogP contribution in [-0.2, 0) is 6.54 Å². The second kappa shape index (κ2) is 5.97.